The molecule has 0 atom stereocenters. The molecule has 1 aliphatic heterocycles. The first-order chi connectivity index (χ1) is 11.3. The summed E-state index contributed by atoms with van der Waals surface area (Å²) in [6.07, 6.45) is 1.91. The predicted molar refractivity (Wildman–Crippen MR) is 102 cm³/mol. The smallest absolute Gasteiger partial charge is 0.410 e. The average Bonchev–Trinajstić information content (AvgIpc) is 2.36. The van der Waals surface area contributed by atoms with Gasteiger partial charge in [-0.25, -0.2) is 4.79 Å². The van der Waals surface area contributed by atoms with Crippen molar-refractivity contribution in [1.29, 1.82) is 0 Å². The van der Waals surface area contributed by atoms with Gasteiger partial charge in [-0.2, -0.15) is 0 Å². The normalized spacial score (nSPS) is 20.3. The third-order valence-corrected chi connectivity index (χ3v) is 4.15. The number of carbonyl (C=O) groups is 1. The molecule has 1 rings (SSSR count). The van der Waals surface area contributed by atoms with Gasteiger partial charge in [0.05, 0.1) is 13.2 Å². The number of hydrogen-bond donors (Lipinski definition) is 2. The predicted octanol–water partition coefficient (Wildman–Crippen LogP) is 2.77. The second-order valence-electron chi connectivity index (χ2n) is 9.47. The minimum Gasteiger partial charge on any atom is -0.444 e. The van der Waals surface area contributed by atoms with Crippen molar-refractivity contribution < 1.29 is 14.3 Å². The molecule has 0 aromatic heterocycles. The lowest BCUT2D eigenvalue weighted by molar-refractivity contribution is 0.0231. The van der Waals surface area contributed by atoms with Gasteiger partial charge in [-0.3, -0.25) is 0 Å². The molecule has 0 bridgehead atoms. The monoisotopic (exact) mass is 357 g/mol. The third-order valence-electron chi connectivity index (χ3n) is 4.15. The number of nitrogens with zero attached hydrogens (tertiary/aromatic N) is 1. The highest BCUT2D eigenvalue weighted by molar-refractivity contribution is 5.67. The zero-order chi connectivity index (χ0) is 19.3. The van der Waals surface area contributed by atoms with Crippen LogP contribution in [0.5, 0.6) is 0 Å². The third kappa shape index (κ3) is 9.42. The fraction of sp³-hybridized carbons (Fsp3) is 0.947. The fourth-order valence-electron chi connectivity index (χ4n) is 3.54. The molecule has 0 aromatic rings. The van der Waals surface area contributed by atoms with E-state index in [0.717, 1.165) is 19.4 Å². The molecule has 148 valence electrons. The molecule has 1 fully saturated rings. The van der Waals surface area contributed by atoms with Gasteiger partial charge in [0, 0.05) is 37.3 Å². The van der Waals surface area contributed by atoms with Crippen molar-refractivity contribution in [1.82, 2.24) is 15.5 Å². The van der Waals surface area contributed by atoms with Crippen molar-refractivity contribution in [3.63, 3.8) is 0 Å². The van der Waals surface area contributed by atoms with E-state index in [9.17, 15) is 4.79 Å². The molecule has 0 radical (unpaired) electrons. The topological polar surface area (TPSA) is 62.8 Å². The maximum Gasteiger partial charge on any atom is 0.410 e. The average molecular weight is 358 g/mol. The summed E-state index contributed by atoms with van der Waals surface area (Å²) in [6, 6.07) is 0.499. The molecule has 1 saturated heterocycles. The Morgan fingerprint density at radius 3 is 2.24 bits per heavy atom. The fourth-order valence-corrected chi connectivity index (χ4v) is 3.54. The van der Waals surface area contributed by atoms with E-state index in [-0.39, 0.29) is 17.2 Å². The van der Waals surface area contributed by atoms with Gasteiger partial charge < -0.3 is 25.0 Å². The number of rotatable bonds is 7. The SMILES string of the molecule is CN(CCOCCNC1CC(C)(C)NC(C)(C)C1)C(=O)OC(C)(C)C. The van der Waals surface area contributed by atoms with Crippen LogP contribution < -0.4 is 10.6 Å². The lowest BCUT2D eigenvalue weighted by atomic mass is 9.79. The van der Waals surface area contributed by atoms with Crippen LogP contribution in [0.25, 0.3) is 0 Å². The molecule has 6 nitrogen and oxygen atoms in total. The minimum absolute atomic E-state index is 0.149. The molecule has 1 aliphatic rings. The molecule has 25 heavy (non-hydrogen) atoms. The molecule has 0 aromatic carbocycles. The van der Waals surface area contributed by atoms with Crippen LogP contribution in [0.3, 0.4) is 0 Å². The van der Waals surface area contributed by atoms with Crippen molar-refractivity contribution in [3.05, 3.63) is 0 Å². The summed E-state index contributed by atoms with van der Waals surface area (Å²) in [5.41, 5.74) is -0.167. The van der Waals surface area contributed by atoms with Gasteiger partial charge in [-0.05, 0) is 61.3 Å². The second kappa shape index (κ2) is 8.69. The summed E-state index contributed by atoms with van der Waals surface area (Å²) in [6.45, 7) is 17.1. The summed E-state index contributed by atoms with van der Waals surface area (Å²) in [7, 11) is 1.73. The Morgan fingerprint density at radius 2 is 1.72 bits per heavy atom. The first kappa shape index (κ1) is 22.2. The molecule has 0 unspecified atom stereocenters. The summed E-state index contributed by atoms with van der Waals surface area (Å²) in [5.74, 6) is 0. The largest absolute Gasteiger partial charge is 0.444 e. The Bertz CT molecular complexity index is 414. The Labute approximate surface area is 154 Å². The van der Waals surface area contributed by atoms with Crippen molar-refractivity contribution in [2.24, 2.45) is 0 Å². The van der Waals surface area contributed by atoms with E-state index in [4.69, 9.17) is 9.47 Å². The molecule has 1 heterocycles. The summed E-state index contributed by atoms with van der Waals surface area (Å²) in [5, 5.41) is 7.30. The van der Waals surface area contributed by atoms with Crippen molar-refractivity contribution >= 4 is 6.09 Å². The van der Waals surface area contributed by atoms with E-state index < -0.39 is 5.60 Å². The number of hydrogen-bond acceptors (Lipinski definition) is 5. The minimum atomic E-state index is -0.466. The van der Waals surface area contributed by atoms with Crippen molar-refractivity contribution in [3.8, 4) is 0 Å². The lowest BCUT2D eigenvalue weighted by Crippen LogP contribution is -2.61. The number of carbonyl (C=O) groups excluding carboxylic acids is 1. The number of amides is 1. The highest BCUT2D eigenvalue weighted by Crippen LogP contribution is 2.28. The molecule has 2 N–H and O–H groups in total. The lowest BCUT2D eigenvalue weighted by Gasteiger charge is -2.46. The molecule has 0 saturated carbocycles. The molecule has 1 amide bonds. The van der Waals surface area contributed by atoms with Crippen LogP contribution in [0, 0.1) is 0 Å². The zero-order valence-electron chi connectivity index (χ0n) is 17.5. The van der Waals surface area contributed by atoms with E-state index in [1.54, 1.807) is 11.9 Å². The highest BCUT2D eigenvalue weighted by atomic mass is 16.6. The highest BCUT2D eigenvalue weighted by Gasteiger charge is 2.37. The van der Waals surface area contributed by atoms with Crippen LogP contribution in [0.1, 0.15) is 61.3 Å². The van der Waals surface area contributed by atoms with Crippen LogP contribution in [-0.4, -0.2) is 67.1 Å². The van der Waals surface area contributed by atoms with E-state index in [2.05, 4.69) is 38.3 Å². The number of ether oxygens (including phenoxy) is 2. The van der Waals surface area contributed by atoms with Gasteiger partial charge in [0.2, 0.25) is 0 Å². The zero-order valence-corrected chi connectivity index (χ0v) is 17.5. The second-order valence-corrected chi connectivity index (χ2v) is 9.47. The van der Waals surface area contributed by atoms with Gasteiger partial charge in [0.1, 0.15) is 5.60 Å². The van der Waals surface area contributed by atoms with Crippen LogP contribution in [0.2, 0.25) is 0 Å². The maximum atomic E-state index is 11.8. The molecule has 0 spiro atoms. The molecular weight excluding hydrogens is 318 g/mol. The van der Waals surface area contributed by atoms with Crippen LogP contribution in [0.15, 0.2) is 0 Å². The summed E-state index contributed by atoms with van der Waals surface area (Å²) >= 11 is 0. The molecule has 0 aliphatic carbocycles. The van der Waals surface area contributed by atoms with E-state index in [1.807, 2.05) is 20.8 Å². The van der Waals surface area contributed by atoms with Crippen molar-refractivity contribution in [2.45, 2.75) is 84.0 Å². The number of nitrogens with one attached hydrogen (secondary N) is 2. The first-order valence-electron chi connectivity index (χ1n) is 9.34. The molecular formula is C19H39N3O3. The van der Waals surface area contributed by atoms with Gasteiger partial charge >= 0.3 is 6.09 Å². The Hall–Kier alpha value is -0.850. The van der Waals surface area contributed by atoms with E-state index >= 15 is 0 Å². The van der Waals surface area contributed by atoms with Crippen LogP contribution in [0.4, 0.5) is 4.79 Å². The number of likely N-dealkylation sites (N-methyl/N-ethyl adjacent to an activating group) is 1. The summed E-state index contributed by atoms with van der Waals surface area (Å²) < 4.78 is 11.0. The standard InChI is InChI=1S/C19H39N3O3/c1-17(2,3)25-16(23)22(8)10-12-24-11-9-20-15-13-18(4,5)21-19(6,7)14-15/h15,20-21H,9-14H2,1-8H3. The maximum absolute atomic E-state index is 11.8. The Kier molecular flexibility index (Phi) is 7.71. The van der Waals surface area contributed by atoms with Crippen molar-refractivity contribution in [2.75, 3.05) is 33.4 Å². The van der Waals surface area contributed by atoms with Gasteiger partial charge in [0.25, 0.3) is 0 Å². The van der Waals surface area contributed by atoms with Gasteiger partial charge in [-0.15, -0.1) is 0 Å². The molecule has 6 heteroatoms. The van der Waals surface area contributed by atoms with E-state index in [0.29, 0.717) is 25.8 Å². The Balaban J connectivity index is 2.17. The van der Waals surface area contributed by atoms with Gasteiger partial charge in [-0.1, -0.05) is 0 Å². The summed E-state index contributed by atoms with van der Waals surface area (Å²) in [4.78, 5) is 13.4. The Morgan fingerprint density at radius 1 is 1.16 bits per heavy atom. The van der Waals surface area contributed by atoms with Crippen LogP contribution >= 0.6 is 0 Å². The quantitative estimate of drug-likeness (QED) is 0.686. The first-order valence-corrected chi connectivity index (χ1v) is 9.34. The van der Waals surface area contributed by atoms with E-state index in [1.165, 1.54) is 0 Å². The van der Waals surface area contributed by atoms with Gasteiger partial charge in [0.15, 0.2) is 0 Å². The number of piperidine rings is 1. The van der Waals surface area contributed by atoms with Crippen LogP contribution in [-0.2, 0) is 9.47 Å².